The Morgan fingerprint density at radius 3 is 2.86 bits per heavy atom. The quantitative estimate of drug-likeness (QED) is 0.765. The van der Waals surface area contributed by atoms with Crippen LogP contribution in [0.15, 0.2) is 22.8 Å². The molecule has 3 rings (SSSR count). The van der Waals surface area contributed by atoms with Gasteiger partial charge in [0.1, 0.15) is 5.82 Å². The molecular weight excluding hydrogens is 240 g/mol. The van der Waals surface area contributed by atoms with E-state index in [1.165, 1.54) is 32.4 Å². The van der Waals surface area contributed by atoms with Crippen LogP contribution in [-0.2, 0) is 0 Å². The summed E-state index contributed by atoms with van der Waals surface area (Å²) in [6.45, 7) is 2.39. The number of pyridine rings is 1. The fourth-order valence-electron chi connectivity index (χ4n) is 2.31. The van der Waals surface area contributed by atoms with Crippen LogP contribution < -0.4 is 4.90 Å². The molecule has 1 aliphatic carbocycles. The number of rotatable bonds is 1. The zero-order valence-corrected chi connectivity index (χ0v) is 9.63. The summed E-state index contributed by atoms with van der Waals surface area (Å²) in [6.07, 6.45) is 6.08. The lowest BCUT2D eigenvalue weighted by molar-refractivity contribution is 0.580. The highest BCUT2D eigenvalue weighted by atomic mass is 79.9. The minimum atomic E-state index is 0.678. The van der Waals surface area contributed by atoms with Gasteiger partial charge in [-0.2, -0.15) is 0 Å². The molecule has 1 saturated carbocycles. The van der Waals surface area contributed by atoms with Crippen molar-refractivity contribution in [2.45, 2.75) is 19.3 Å². The number of hydrogen-bond acceptors (Lipinski definition) is 2. The van der Waals surface area contributed by atoms with E-state index in [2.05, 4.69) is 31.9 Å². The lowest BCUT2D eigenvalue weighted by Crippen LogP contribution is -2.21. The van der Waals surface area contributed by atoms with E-state index >= 15 is 0 Å². The van der Waals surface area contributed by atoms with Gasteiger partial charge in [-0.1, -0.05) is 0 Å². The number of aromatic nitrogens is 1. The van der Waals surface area contributed by atoms with Crippen molar-refractivity contribution >= 4 is 21.7 Å². The van der Waals surface area contributed by atoms with Gasteiger partial charge in [-0.3, -0.25) is 0 Å². The van der Waals surface area contributed by atoms with E-state index in [1.54, 1.807) is 0 Å². The third-order valence-corrected chi connectivity index (χ3v) is 4.05. The predicted molar refractivity (Wildman–Crippen MR) is 60.4 cm³/mol. The molecule has 0 bridgehead atoms. The van der Waals surface area contributed by atoms with Crippen LogP contribution in [0.2, 0.25) is 0 Å². The molecule has 2 heterocycles. The highest BCUT2D eigenvalue weighted by Crippen LogP contribution is 2.53. The largest absolute Gasteiger partial charge is 0.355 e. The molecule has 2 fully saturated rings. The van der Waals surface area contributed by atoms with Gasteiger partial charge in [0.2, 0.25) is 0 Å². The van der Waals surface area contributed by atoms with Crippen LogP contribution in [0.1, 0.15) is 19.3 Å². The fourth-order valence-corrected chi connectivity index (χ4v) is 2.82. The first-order valence-corrected chi connectivity index (χ1v) is 5.94. The molecule has 0 atom stereocenters. The van der Waals surface area contributed by atoms with Crippen molar-refractivity contribution in [2.75, 3.05) is 18.0 Å². The second-order valence-electron chi connectivity index (χ2n) is 4.48. The van der Waals surface area contributed by atoms with Gasteiger partial charge in [-0.05, 0) is 52.7 Å². The first-order chi connectivity index (χ1) is 6.79. The minimum absolute atomic E-state index is 0.678. The van der Waals surface area contributed by atoms with Gasteiger partial charge >= 0.3 is 0 Å². The lowest BCUT2D eigenvalue weighted by Gasteiger charge is -2.18. The Labute approximate surface area is 92.5 Å². The van der Waals surface area contributed by atoms with E-state index in [0.29, 0.717) is 5.41 Å². The SMILES string of the molecule is Brc1cccnc1N1CCC2(CC2)C1. The van der Waals surface area contributed by atoms with E-state index in [1.807, 2.05) is 12.3 Å². The Kier molecular flexibility index (Phi) is 1.84. The molecular formula is C11H13BrN2. The van der Waals surface area contributed by atoms with Gasteiger partial charge in [0.25, 0.3) is 0 Å². The summed E-state index contributed by atoms with van der Waals surface area (Å²) in [5.74, 6) is 1.12. The Morgan fingerprint density at radius 1 is 1.36 bits per heavy atom. The van der Waals surface area contributed by atoms with Crippen molar-refractivity contribution in [1.82, 2.24) is 4.98 Å². The summed E-state index contributed by atoms with van der Waals surface area (Å²) < 4.78 is 1.12. The third-order valence-electron chi connectivity index (χ3n) is 3.43. The summed E-state index contributed by atoms with van der Waals surface area (Å²) in [5.41, 5.74) is 0.678. The molecule has 0 aromatic carbocycles. The standard InChI is InChI=1S/C11H13BrN2/c12-9-2-1-6-13-10(9)14-7-5-11(8-14)3-4-11/h1-2,6H,3-5,7-8H2. The molecule has 1 aromatic rings. The molecule has 14 heavy (non-hydrogen) atoms. The van der Waals surface area contributed by atoms with Crippen LogP contribution in [0.25, 0.3) is 0 Å². The molecule has 3 heteroatoms. The van der Waals surface area contributed by atoms with E-state index in [-0.39, 0.29) is 0 Å². The van der Waals surface area contributed by atoms with Crippen molar-refractivity contribution in [3.05, 3.63) is 22.8 Å². The Balaban J connectivity index is 1.86. The molecule has 1 aromatic heterocycles. The Bertz CT molecular complexity index is 360. The van der Waals surface area contributed by atoms with Crippen LogP contribution >= 0.6 is 15.9 Å². The molecule has 2 nitrogen and oxygen atoms in total. The molecule has 1 aliphatic heterocycles. The highest BCUT2D eigenvalue weighted by Gasteiger charge is 2.48. The van der Waals surface area contributed by atoms with Gasteiger partial charge in [0.15, 0.2) is 0 Å². The van der Waals surface area contributed by atoms with Crippen molar-refractivity contribution in [2.24, 2.45) is 5.41 Å². The maximum Gasteiger partial charge on any atom is 0.142 e. The monoisotopic (exact) mass is 252 g/mol. The molecule has 0 radical (unpaired) electrons. The number of nitrogens with zero attached hydrogens (tertiary/aromatic N) is 2. The normalized spacial score (nSPS) is 23.1. The second kappa shape index (κ2) is 2.96. The van der Waals surface area contributed by atoms with E-state index in [0.717, 1.165) is 10.3 Å². The lowest BCUT2D eigenvalue weighted by atomic mass is 10.1. The minimum Gasteiger partial charge on any atom is -0.355 e. The van der Waals surface area contributed by atoms with Gasteiger partial charge in [0.05, 0.1) is 4.47 Å². The Morgan fingerprint density at radius 2 is 2.21 bits per heavy atom. The summed E-state index contributed by atoms with van der Waals surface area (Å²) >= 11 is 3.56. The molecule has 1 spiro atoms. The first-order valence-electron chi connectivity index (χ1n) is 5.15. The zero-order chi connectivity index (χ0) is 9.60. The summed E-state index contributed by atoms with van der Waals surface area (Å²) in [7, 11) is 0. The van der Waals surface area contributed by atoms with Crippen molar-refractivity contribution in [3.8, 4) is 0 Å². The summed E-state index contributed by atoms with van der Waals surface area (Å²) in [4.78, 5) is 6.85. The van der Waals surface area contributed by atoms with Crippen LogP contribution in [0.3, 0.4) is 0 Å². The van der Waals surface area contributed by atoms with Crippen LogP contribution in [-0.4, -0.2) is 18.1 Å². The smallest absolute Gasteiger partial charge is 0.142 e. The second-order valence-corrected chi connectivity index (χ2v) is 5.33. The summed E-state index contributed by atoms with van der Waals surface area (Å²) in [6, 6.07) is 4.04. The zero-order valence-electron chi connectivity index (χ0n) is 8.04. The Hall–Kier alpha value is -0.570. The molecule has 1 saturated heterocycles. The van der Waals surface area contributed by atoms with Crippen LogP contribution in [0.5, 0.6) is 0 Å². The molecule has 0 N–H and O–H groups in total. The summed E-state index contributed by atoms with van der Waals surface area (Å²) in [5, 5.41) is 0. The molecule has 0 amide bonds. The van der Waals surface area contributed by atoms with Gasteiger partial charge in [-0.25, -0.2) is 4.98 Å². The van der Waals surface area contributed by atoms with Crippen molar-refractivity contribution in [1.29, 1.82) is 0 Å². The van der Waals surface area contributed by atoms with Gasteiger partial charge < -0.3 is 4.90 Å². The molecule has 74 valence electrons. The average molecular weight is 253 g/mol. The van der Waals surface area contributed by atoms with Gasteiger partial charge in [0, 0.05) is 19.3 Å². The fraction of sp³-hybridized carbons (Fsp3) is 0.545. The molecule has 0 unspecified atom stereocenters. The van der Waals surface area contributed by atoms with Crippen molar-refractivity contribution in [3.63, 3.8) is 0 Å². The maximum atomic E-state index is 4.43. The average Bonchev–Trinajstić information content (AvgIpc) is 2.79. The van der Waals surface area contributed by atoms with E-state index in [9.17, 15) is 0 Å². The number of hydrogen-bond donors (Lipinski definition) is 0. The molecule has 2 aliphatic rings. The maximum absolute atomic E-state index is 4.43. The number of anilines is 1. The van der Waals surface area contributed by atoms with E-state index in [4.69, 9.17) is 0 Å². The van der Waals surface area contributed by atoms with Gasteiger partial charge in [-0.15, -0.1) is 0 Å². The third kappa shape index (κ3) is 1.34. The highest BCUT2D eigenvalue weighted by molar-refractivity contribution is 9.10. The van der Waals surface area contributed by atoms with E-state index < -0.39 is 0 Å². The first kappa shape index (κ1) is 8.72. The van der Waals surface area contributed by atoms with Crippen molar-refractivity contribution < 1.29 is 0 Å². The van der Waals surface area contributed by atoms with Crippen LogP contribution in [0, 0.1) is 5.41 Å². The topological polar surface area (TPSA) is 16.1 Å². The number of halogens is 1. The van der Waals surface area contributed by atoms with Crippen LogP contribution in [0.4, 0.5) is 5.82 Å². The predicted octanol–water partition coefficient (Wildman–Crippen LogP) is 2.83.